The molecule has 1 unspecified atom stereocenters. The number of rotatable bonds is 8. The van der Waals surface area contributed by atoms with E-state index in [4.69, 9.17) is 10.5 Å². The first-order valence-electron chi connectivity index (χ1n) is 11.1. The van der Waals surface area contributed by atoms with Gasteiger partial charge in [-0.15, -0.1) is 0 Å². The summed E-state index contributed by atoms with van der Waals surface area (Å²) in [5.41, 5.74) is 5.02. The molecule has 3 aromatic rings. The van der Waals surface area contributed by atoms with Gasteiger partial charge < -0.3 is 15.8 Å². The molecule has 5 rings (SSSR count). The standard InChI is InChI=1S/C23H21F5N6OS/c1-22(15-9-23(15,20(27)28)36-21(29)34-22)12-7-11(8-13(25)17(12)26)32-19-18-14(3-5-30-19)33-16(10-31-18)35-6-2-4-24/h3,5,7-8,10,15,20H,2,4,6,9H2,1H3,(H2,29,34)(H,30,32)/t15?,22-,23+/m1/s1. The Hall–Kier alpha value is -3.22. The SMILES string of the molecule is C[C@]1(c2cc(Nc3nccc4nc(OCCCF)cnc34)cc(F)c2F)N=C(N)S[C@@]2(C(F)F)CC21. The minimum atomic E-state index is -2.70. The maximum absolute atomic E-state index is 15.0. The highest BCUT2D eigenvalue weighted by atomic mass is 32.2. The average Bonchev–Trinajstić information content (AvgIpc) is 3.58. The number of aliphatic imine (C=N–C) groups is 1. The van der Waals surface area contributed by atoms with Crippen LogP contribution in [0.3, 0.4) is 0 Å². The Labute approximate surface area is 206 Å². The van der Waals surface area contributed by atoms with E-state index >= 15 is 4.39 Å². The molecule has 2 aromatic heterocycles. The maximum Gasteiger partial charge on any atom is 0.253 e. The fraction of sp³-hybridized carbons (Fsp3) is 0.391. The lowest BCUT2D eigenvalue weighted by atomic mass is 9.85. The van der Waals surface area contributed by atoms with E-state index < -0.39 is 40.9 Å². The summed E-state index contributed by atoms with van der Waals surface area (Å²) in [7, 11) is 0. The quantitative estimate of drug-likeness (QED) is 0.313. The van der Waals surface area contributed by atoms with Crippen molar-refractivity contribution in [1.29, 1.82) is 0 Å². The van der Waals surface area contributed by atoms with Gasteiger partial charge in [0.25, 0.3) is 6.43 Å². The Morgan fingerprint density at radius 1 is 1.28 bits per heavy atom. The van der Waals surface area contributed by atoms with E-state index in [2.05, 4.69) is 25.3 Å². The molecule has 3 N–H and O–H groups in total. The van der Waals surface area contributed by atoms with Crippen LogP contribution in [0.4, 0.5) is 33.5 Å². The third-order valence-electron chi connectivity index (χ3n) is 6.44. The molecule has 36 heavy (non-hydrogen) atoms. The number of nitrogens with two attached hydrogens (primary N) is 1. The molecule has 0 spiro atoms. The van der Waals surface area contributed by atoms with Gasteiger partial charge in [0.1, 0.15) is 5.52 Å². The number of nitrogens with one attached hydrogen (secondary N) is 1. The summed E-state index contributed by atoms with van der Waals surface area (Å²) in [5.74, 6) is -2.67. The second-order valence-electron chi connectivity index (χ2n) is 8.78. The third-order valence-corrected chi connectivity index (χ3v) is 7.75. The van der Waals surface area contributed by atoms with Crippen LogP contribution >= 0.6 is 11.8 Å². The number of alkyl halides is 3. The number of hydrogen-bond acceptors (Lipinski definition) is 8. The molecule has 13 heteroatoms. The first-order valence-corrected chi connectivity index (χ1v) is 11.9. The number of fused-ring (bicyclic) bond motifs is 2. The van der Waals surface area contributed by atoms with Crippen LogP contribution in [0, 0.1) is 17.6 Å². The van der Waals surface area contributed by atoms with Gasteiger partial charge in [-0.3, -0.25) is 9.38 Å². The molecule has 3 heterocycles. The summed E-state index contributed by atoms with van der Waals surface area (Å²) in [6.45, 7) is 1.11. The largest absolute Gasteiger partial charge is 0.476 e. The van der Waals surface area contributed by atoms with Crippen LogP contribution in [0.5, 0.6) is 5.88 Å². The Balaban J connectivity index is 1.49. The van der Waals surface area contributed by atoms with Crippen molar-refractivity contribution in [2.24, 2.45) is 16.6 Å². The van der Waals surface area contributed by atoms with Crippen molar-refractivity contribution in [3.05, 3.63) is 47.8 Å². The van der Waals surface area contributed by atoms with Crippen molar-refractivity contribution in [2.45, 2.75) is 36.5 Å². The number of benzene rings is 1. The van der Waals surface area contributed by atoms with Crippen molar-refractivity contribution in [1.82, 2.24) is 15.0 Å². The first-order chi connectivity index (χ1) is 17.2. The molecule has 7 nitrogen and oxygen atoms in total. The predicted molar refractivity (Wildman–Crippen MR) is 126 cm³/mol. The van der Waals surface area contributed by atoms with Crippen molar-refractivity contribution in [3.8, 4) is 5.88 Å². The van der Waals surface area contributed by atoms with Crippen molar-refractivity contribution in [3.63, 3.8) is 0 Å². The molecule has 1 saturated carbocycles. The number of nitrogens with zero attached hydrogens (tertiary/aromatic N) is 4. The topological polar surface area (TPSA) is 98.3 Å². The highest BCUT2D eigenvalue weighted by Crippen LogP contribution is 2.68. The Kier molecular flexibility index (Phi) is 6.13. The summed E-state index contributed by atoms with van der Waals surface area (Å²) in [5, 5.41) is 2.81. The molecule has 0 radical (unpaired) electrons. The highest BCUT2D eigenvalue weighted by Gasteiger charge is 2.71. The van der Waals surface area contributed by atoms with Gasteiger partial charge in [-0.25, -0.2) is 32.5 Å². The van der Waals surface area contributed by atoms with Gasteiger partial charge >= 0.3 is 0 Å². The van der Waals surface area contributed by atoms with Crippen molar-refractivity contribution >= 4 is 39.5 Å². The number of thioether (sulfide) groups is 1. The van der Waals surface area contributed by atoms with E-state index in [0.29, 0.717) is 11.0 Å². The van der Waals surface area contributed by atoms with E-state index in [1.165, 1.54) is 25.4 Å². The molecule has 1 aliphatic carbocycles. The zero-order valence-electron chi connectivity index (χ0n) is 18.9. The molecule has 1 fully saturated rings. The summed E-state index contributed by atoms with van der Waals surface area (Å²) in [6, 6.07) is 3.84. The first kappa shape index (κ1) is 24.5. The number of halogens is 5. The predicted octanol–water partition coefficient (Wildman–Crippen LogP) is 5.09. The van der Waals surface area contributed by atoms with Gasteiger partial charge in [0.15, 0.2) is 22.6 Å². The molecule has 2 aliphatic rings. The molecular weight excluding hydrogens is 503 g/mol. The molecule has 0 bridgehead atoms. The van der Waals surface area contributed by atoms with E-state index in [9.17, 15) is 17.6 Å². The number of pyridine rings is 1. The van der Waals surface area contributed by atoms with Crippen molar-refractivity contribution < 1.29 is 26.7 Å². The number of hydrogen-bond donors (Lipinski definition) is 2. The zero-order chi connectivity index (χ0) is 25.7. The average molecular weight is 525 g/mol. The van der Waals surface area contributed by atoms with Gasteiger partial charge in [-0.2, -0.15) is 0 Å². The minimum absolute atomic E-state index is 0.0744. The van der Waals surface area contributed by atoms with Crippen LogP contribution in [0.2, 0.25) is 0 Å². The van der Waals surface area contributed by atoms with Gasteiger partial charge in [0.2, 0.25) is 5.88 Å². The number of amidine groups is 1. The van der Waals surface area contributed by atoms with Crippen molar-refractivity contribution in [2.75, 3.05) is 18.6 Å². The van der Waals surface area contributed by atoms with E-state index in [0.717, 1.165) is 17.8 Å². The fourth-order valence-corrected chi connectivity index (χ4v) is 5.93. The monoisotopic (exact) mass is 524 g/mol. The third kappa shape index (κ3) is 4.08. The Bertz CT molecular complexity index is 1360. The normalized spacial score (nSPS) is 25.0. The smallest absolute Gasteiger partial charge is 0.253 e. The number of anilines is 2. The maximum atomic E-state index is 15.0. The van der Waals surface area contributed by atoms with Crippen LogP contribution in [0.1, 0.15) is 25.3 Å². The zero-order valence-corrected chi connectivity index (χ0v) is 19.8. The molecule has 0 amide bonds. The summed E-state index contributed by atoms with van der Waals surface area (Å²) >= 11 is 0.785. The molecule has 0 saturated heterocycles. The lowest BCUT2D eigenvalue weighted by Crippen LogP contribution is -2.39. The Morgan fingerprint density at radius 2 is 2.08 bits per heavy atom. The van der Waals surface area contributed by atoms with Gasteiger partial charge in [-0.1, -0.05) is 11.8 Å². The second-order valence-corrected chi connectivity index (χ2v) is 10.2. The van der Waals surface area contributed by atoms with Gasteiger partial charge in [-0.05, 0) is 25.5 Å². The van der Waals surface area contributed by atoms with Gasteiger partial charge in [0.05, 0.1) is 35.3 Å². The molecule has 190 valence electrons. The fourth-order valence-electron chi connectivity index (χ4n) is 4.59. The molecule has 1 aromatic carbocycles. The van der Waals surface area contributed by atoms with Gasteiger partial charge in [0, 0.05) is 35.9 Å². The second kappa shape index (κ2) is 9.02. The number of ether oxygens (including phenoxy) is 1. The molecular formula is C23H21F5N6OS. The van der Waals surface area contributed by atoms with Crippen LogP contribution in [-0.2, 0) is 5.54 Å². The highest BCUT2D eigenvalue weighted by molar-refractivity contribution is 8.15. The lowest BCUT2D eigenvalue weighted by Gasteiger charge is -2.34. The number of aromatic nitrogens is 3. The summed E-state index contributed by atoms with van der Waals surface area (Å²) in [4.78, 5) is 17.1. The summed E-state index contributed by atoms with van der Waals surface area (Å²) < 4.78 is 73.6. The van der Waals surface area contributed by atoms with E-state index in [-0.39, 0.29) is 47.6 Å². The van der Waals surface area contributed by atoms with Crippen LogP contribution in [-0.4, -0.2) is 44.6 Å². The molecule has 1 aliphatic heterocycles. The van der Waals surface area contributed by atoms with E-state index in [1.54, 1.807) is 6.07 Å². The van der Waals surface area contributed by atoms with Crippen LogP contribution < -0.4 is 15.8 Å². The Morgan fingerprint density at radius 3 is 2.83 bits per heavy atom. The van der Waals surface area contributed by atoms with Crippen LogP contribution in [0.25, 0.3) is 11.0 Å². The lowest BCUT2D eigenvalue weighted by molar-refractivity contribution is 0.123. The molecule has 3 atom stereocenters. The van der Waals surface area contributed by atoms with Crippen LogP contribution in [0.15, 0.2) is 35.6 Å². The minimum Gasteiger partial charge on any atom is -0.476 e. The summed E-state index contributed by atoms with van der Waals surface area (Å²) in [6.07, 6.45) is 0.384. The van der Waals surface area contributed by atoms with E-state index in [1.807, 2.05) is 0 Å².